The van der Waals surface area contributed by atoms with Crippen LogP contribution >= 0.6 is 22.9 Å². The molecule has 0 amide bonds. The van der Waals surface area contributed by atoms with Crippen LogP contribution in [0.1, 0.15) is 5.56 Å². The van der Waals surface area contributed by atoms with Crippen LogP contribution in [0, 0.1) is 0 Å². The van der Waals surface area contributed by atoms with Gasteiger partial charge < -0.3 is 4.98 Å². The van der Waals surface area contributed by atoms with Gasteiger partial charge in [-0.05, 0) is 17.7 Å². The molecule has 10 heteroatoms. The second-order valence-corrected chi connectivity index (χ2v) is 9.55. The van der Waals surface area contributed by atoms with Crippen molar-refractivity contribution in [2.24, 2.45) is 0 Å². The van der Waals surface area contributed by atoms with Gasteiger partial charge in [-0.2, -0.15) is 13.2 Å². The number of H-pyrrole nitrogens is 1. The van der Waals surface area contributed by atoms with E-state index in [1.54, 1.807) is 5.38 Å². The summed E-state index contributed by atoms with van der Waals surface area (Å²) in [5.41, 5.74) is -2.36. The molecule has 0 fully saturated rings. The normalized spacial score (nSPS) is 12.6. The minimum absolute atomic E-state index is 0.0387. The lowest BCUT2D eigenvalue weighted by molar-refractivity contribution is -0.0437. The third kappa shape index (κ3) is 3.77. The highest BCUT2D eigenvalue weighted by Crippen LogP contribution is 2.36. The van der Waals surface area contributed by atoms with Gasteiger partial charge in [-0.25, -0.2) is 13.4 Å². The molecule has 29 heavy (non-hydrogen) atoms. The summed E-state index contributed by atoms with van der Waals surface area (Å²) in [4.78, 5) is 7.77. The zero-order chi connectivity index (χ0) is 20.8. The van der Waals surface area contributed by atoms with E-state index in [4.69, 9.17) is 11.6 Å². The van der Waals surface area contributed by atoms with Crippen LogP contribution < -0.4 is 0 Å². The first-order valence-corrected chi connectivity index (χ1v) is 11.2. The highest BCUT2D eigenvalue weighted by molar-refractivity contribution is 7.91. The van der Waals surface area contributed by atoms with Crippen molar-refractivity contribution in [1.82, 2.24) is 9.97 Å². The van der Waals surface area contributed by atoms with Gasteiger partial charge in [-0.3, -0.25) is 0 Å². The lowest BCUT2D eigenvalue weighted by atomic mass is 10.1. The van der Waals surface area contributed by atoms with E-state index in [-0.39, 0.29) is 10.6 Å². The predicted octanol–water partition coefficient (Wildman–Crippen LogP) is 6.05. The molecule has 2 heterocycles. The molecule has 0 saturated heterocycles. The zero-order valence-corrected chi connectivity index (χ0v) is 16.9. The van der Waals surface area contributed by atoms with Crippen LogP contribution in [0.25, 0.3) is 32.7 Å². The third-order valence-electron chi connectivity index (χ3n) is 4.34. The van der Waals surface area contributed by atoms with E-state index in [1.807, 2.05) is 30.5 Å². The summed E-state index contributed by atoms with van der Waals surface area (Å²) in [6.45, 7) is 0. The van der Waals surface area contributed by atoms with Gasteiger partial charge >= 0.3 is 5.51 Å². The summed E-state index contributed by atoms with van der Waals surface area (Å²) in [6.07, 6.45) is 1.86. The van der Waals surface area contributed by atoms with Crippen LogP contribution in [0.5, 0.6) is 0 Å². The quantitative estimate of drug-likeness (QED) is 0.407. The van der Waals surface area contributed by atoms with Crippen LogP contribution in [0.3, 0.4) is 0 Å². The number of thiazole rings is 1. The zero-order valence-electron chi connectivity index (χ0n) is 14.5. The Labute approximate surface area is 172 Å². The monoisotopic (exact) mass is 456 g/mol. The van der Waals surface area contributed by atoms with Crippen LogP contribution in [-0.4, -0.2) is 23.9 Å². The molecule has 0 radical (unpaired) electrons. The number of halogens is 4. The molecule has 0 aliphatic heterocycles. The number of sulfone groups is 1. The van der Waals surface area contributed by atoms with Crippen molar-refractivity contribution >= 4 is 43.7 Å². The fourth-order valence-corrected chi connectivity index (χ4v) is 4.86. The van der Waals surface area contributed by atoms with Gasteiger partial charge in [0.1, 0.15) is 5.01 Å². The van der Waals surface area contributed by atoms with Crippen molar-refractivity contribution in [3.63, 3.8) is 0 Å². The third-order valence-corrected chi connectivity index (χ3v) is 6.95. The van der Waals surface area contributed by atoms with Crippen LogP contribution in [0.2, 0.25) is 5.02 Å². The second-order valence-electron chi connectivity index (χ2n) is 6.30. The van der Waals surface area contributed by atoms with E-state index in [1.165, 1.54) is 29.5 Å². The van der Waals surface area contributed by atoms with Gasteiger partial charge in [0.2, 0.25) is 0 Å². The largest absolute Gasteiger partial charge is 0.497 e. The van der Waals surface area contributed by atoms with Gasteiger partial charge in [-0.15, -0.1) is 11.3 Å². The molecule has 0 unspecified atom stereocenters. The summed E-state index contributed by atoms with van der Waals surface area (Å²) < 4.78 is 60.4. The highest BCUT2D eigenvalue weighted by Gasteiger charge is 2.45. The summed E-state index contributed by atoms with van der Waals surface area (Å²) in [7, 11) is -5.27. The van der Waals surface area contributed by atoms with E-state index < -0.39 is 21.1 Å². The molecule has 2 aromatic carbocycles. The topological polar surface area (TPSA) is 62.8 Å². The Hall–Kier alpha value is -2.36. The molecule has 0 spiro atoms. The first-order valence-electron chi connectivity index (χ1n) is 8.25. The predicted molar refractivity (Wildman–Crippen MR) is 109 cm³/mol. The van der Waals surface area contributed by atoms with Crippen molar-refractivity contribution in [1.29, 1.82) is 0 Å². The lowest BCUT2D eigenvalue weighted by Crippen LogP contribution is -2.24. The van der Waals surface area contributed by atoms with Gasteiger partial charge in [-0.1, -0.05) is 41.9 Å². The summed E-state index contributed by atoms with van der Waals surface area (Å²) in [6, 6.07) is 11.8. The molecule has 0 aliphatic carbocycles. The van der Waals surface area contributed by atoms with E-state index in [9.17, 15) is 21.6 Å². The Balaban J connectivity index is 1.65. The smallest absolute Gasteiger partial charge is 0.360 e. The Morgan fingerprint density at radius 2 is 1.86 bits per heavy atom. The standard InChI is InChI=1S/C19H12ClF3N2O2S2/c20-15-7-11(10-29(26,27)19(21,22)23)5-6-13(15)17-9-28-18(25-17)14-8-24-16-4-2-1-3-12(14)16/h1-9,24H,10H2. The van der Waals surface area contributed by atoms with Crippen molar-refractivity contribution in [2.75, 3.05) is 0 Å². The Kier molecular flexibility index (Phi) is 4.92. The molecule has 0 aliphatic rings. The molecule has 0 saturated carbocycles. The average Bonchev–Trinajstić information content (AvgIpc) is 3.27. The summed E-state index contributed by atoms with van der Waals surface area (Å²) in [5.74, 6) is -1.16. The number of para-hydroxylation sites is 1. The Morgan fingerprint density at radius 3 is 2.59 bits per heavy atom. The fraction of sp³-hybridized carbons (Fsp3) is 0.105. The van der Waals surface area contributed by atoms with E-state index in [2.05, 4.69) is 9.97 Å². The number of fused-ring (bicyclic) bond motifs is 1. The maximum atomic E-state index is 12.6. The van der Waals surface area contributed by atoms with Crippen molar-refractivity contribution in [3.8, 4) is 21.8 Å². The summed E-state index contributed by atoms with van der Waals surface area (Å²) >= 11 is 7.63. The number of nitrogens with one attached hydrogen (secondary N) is 1. The summed E-state index contributed by atoms with van der Waals surface area (Å²) in [5, 5.41) is 3.71. The lowest BCUT2D eigenvalue weighted by Gasteiger charge is -2.09. The maximum absolute atomic E-state index is 12.6. The minimum atomic E-state index is -5.30. The number of aromatic amines is 1. The molecular formula is C19H12ClF3N2O2S2. The molecule has 0 bridgehead atoms. The molecule has 4 aromatic rings. The minimum Gasteiger partial charge on any atom is -0.360 e. The number of aromatic nitrogens is 2. The first kappa shape index (κ1) is 19.9. The van der Waals surface area contributed by atoms with E-state index in [0.29, 0.717) is 11.3 Å². The Bertz CT molecular complexity index is 1310. The highest BCUT2D eigenvalue weighted by atomic mass is 35.5. The average molecular weight is 457 g/mol. The number of benzene rings is 2. The van der Waals surface area contributed by atoms with Crippen molar-refractivity contribution in [3.05, 3.63) is 64.6 Å². The molecule has 0 atom stereocenters. The van der Waals surface area contributed by atoms with Gasteiger partial charge in [0.05, 0.1) is 16.5 Å². The molecule has 2 aromatic heterocycles. The number of nitrogens with zero attached hydrogens (tertiary/aromatic N) is 1. The first-order chi connectivity index (χ1) is 13.7. The van der Waals surface area contributed by atoms with E-state index >= 15 is 0 Å². The number of alkyl halides is 3. The second kappa shape index (κ2) is 7.16. The fourth-order valence-electron chi connectivity index (χ4n) is 2.93. The van der Waals surface area contributed by atoms with Gasteiger partial charge in [0.15, 0.2) is 0 Å². The van der Waals surface area contributed by atoms with Crippen LogP contribution in [-0.2, 0) is 15.6 Å². The number of hydrogen-bond donors (Lipinski definition) is 1. The Morgan fingerprint density at radius 1 is 1.10 bits per heavy atom. The molecule has 150 valence electrons. The number of hydrogen-bond acceptors (Lipinski definition) is 4. The van der Waals surface area contributed by atoms with Gasteiger partial charge in [0, 0.05) is 33.6 Å². The number of rotatable bonds is 4. The van der Waals surface area contributed by atoms with Gasteiger partial charge in [0.25, 0.3) is 9.84 Å². The molecule has 4 nitrogen and oxygen atoms in total. The SMILES string of the molecule is O=S(=O)(Cc1ccc(-c2csc(-c3c[nH]c4ccccc34)n2)c(Cl)c1)C(F)(F)F. The van der Waals surface area contributed by atoms with Crippen molar-refractivity contribution < 1.29 is 21.6 Å². The van der Waals surface area contributed by atoms with Crippen molar-refractivity contribution in [2.45, 2.75) is 11.3 Å². The van der Waals surface area contributed by atoms with Crippen LogP contribution in [0.15, 0.2) is 54.0 Å². The molecule has 1 N–H and O–H groups in total. The van der Waals surface area contributed by atoms with Crippen LogP contribution in [0.4, 0.5) is 13.2 Å². The molecular weight excluding hydrogens is 445 g/mol. The van der Waals surface area contributed by atoms with E-state index in [0.717, 1.165) is 21.5 Å². The molecule has 4 rings (SSSR count). The maximum Gasteiger partial charge on any atom is 0.497 e.